The van der Waals surface area contributed by atoms with Crippen molar-refractivity contribution in [3.63, 3.8) is 0 Å². The van der Waals surface area contributed by atoms with Crippen molar-refractivity contribution in [2.75, 3.05) is 26.2 Å². The van der Waals surface area contributed by atoms with Gasteiger partial charge in [0.25, 0.3) is 0 Å². The summed E-state index contributed by atoms with van der Waals surface area (Å²) in [6.45, 7) is 4.39. The number of benzene rings is 2. The summed E-state index contributed by atoms with van der Waals surface area (Å²) in [7, 11) is 0. The van der Waals surface area contributed by atoms with Gasteiger partial charge in [0.05, 0.1) is 13.0 Å². The molecule has 6 atom stereocenters. The number of hydrogen-bond acceptors (Lipinski definition) is 11. The zero-order valence-electron chi connectivity index (χ0n) is 41.6. The second kappa shape index (κ2) is 31.2. The standard InChI is InChI=1S/C38H61N15O9.C10H11N/c1-21-32(58)52-27(18-23-10-4-3-5-11-23)36(62)51-25(13-8-16-45-37(40)41)33(59)47-20-30(56)50-24(31(39)57)12-6-7-15-44-29(55)19-28(35(61)48-21)53-34(60)26(49-22(2)54)14-9-17-46-38(42)43;1-2-8-7-11-10-6-4-3-5-9(8)10/h3-5,10-11,21,24-28H,6-9,12-20H2,1-2H3,(H2,39,57)(H,44,55)(H,47,59)(H,48,61)(H,49,54)(H,50,56)(H,51,62)(H,52,58)(H,53,60)(H4,40,41,45)(H4,42,43,46);3-7,11H,2H2,1H3/t21-,24?,25-,26?,27?,28?;/m0./s1. The van der Waals surface area contributed by atoms with E-state index in [-0.39, 0.29) is 70.1 Å². The fourth-order valence-electron chi connectivity index (χ4n) is 7.48. The van der Waals surface area contributed by atoms with Crippen LogP contribution >= 0.6 is 0 Å². The molecule has 2 aromatic carbocycles. The molecule has 1 saturated heterocycles. The molecule has 2 heterocycles. The lowest BCUT2D eigenvalue weighted by Gasteiger charge is -2.26. The summed E-state index contributed by atoms with van der Waals surface area (Å²) in [5.74, 6) is -7.35. The van der Waals surface area contributed by atoms with E-state index in [0.29, 0.717) is 18.4 Å². The van der Waals surface area contributed by atoms with Gasteiger partial charge in [0, 0.05) is 50.1 Å². The minimum Gasteiger partial charge on any atom is -0.370 e. The maximum absolute atomic E-state index is 13.9. The number of nitrogens with two attached hydrogens (primary N) is 5. The Balaban J connectivity index is 0.00000111. The fraction of sp³-hybridized carbons (Fsp3) is 0.479. The average Bonchev–Trinajstić information content (AvgIpc) is 3.77. The summed E-state index contributed by atoms with van der Waals surface area (Å²) in [6.07, 6.45) is 3.71. The molecule has 9 amide bonds. The number of fused-ring (bicyclic) bond motifs is 1. The summed E-state index contributed by atoms with van der Waals surface area (Å²) in [5, 5.41) is 21.6. The Bertz CT molecular complexity index is 2400. The number of aromatic amines is 1. The molecule has 19 N–H and O–H groups in total. The largest absolute Gasteiger partial charge is 0.370 e. The van der Waals surface area contributed by atoms with Gasteiger partial charge in [0.2, 0.25) is 53.2 Å². The third-order valence-electron chi connectivity index (χ3n) is 11.3. The highest BCUT2D eigenvalue weighted by Gasteiger charge is 2.32. The first kappa shape index (κ1) is 59.1. The number of rotatable bonds is 15. The van der Waals surface area contributed by atoms with E-state index in [1.54, 1.807) is 30.3 Å². The molecule has 4 unspecified atom stereocenters. The van der Waals surface area contributed by atoms with Gasteiger partial charge in [-0.15, -0.1) is 0 Å². The Labute approximate surface area is 423 Å². The molecule has 0 bridgehead atoms. The summed E-state index contributed by atoms with van der Waals surface area (Å²) < 4.78 is 0. The highest BCUT2D eigenvalue weighted by Crippen LogP contribution is 2.17. The molecular weight excluding hydrogens is 945 g/mol. The number of amides is 9. The van der Waals surface area contributed by atoms with Crippen molar-refractivity contribution >= 4 is 76.0 Å². The van der Waals surface area contributed by atoms with Crippen LogP contribution in [0.3, 0.4) is 0 Å². The van der Waals surface area contributed by atoms with E-state index in [2.05, 4.69) is 94.9 Å². The van der Waals surface area contributed by atoms with Gasteiger partial charge in [-0.2, -0.15) is 0 Å². The monoisotopic (exact) mass is 1020 g/mol. The minimum absolute atomic E-state index is 0.00271. The lowest BCUT2D eigenvalue weighted by molar-refractivity contribution is -0.136. The smallest absolute Gasteiger partial charge is 0.243 e. The summed E-state index contributed by atoms with van der Waals surface area (Å²) >= 11 is 0. The van der Waals surface area contributed by atoms with E-state index in [1.165, 1.54) is 30.3 Å². The summed E-state index contributed by atoms with van der Waals surface area (Å²) in [4.78, 5) is 130. The second-order valence-electron chi connectivity index (χ2n) is 17.3. The van der Waals surface area contributed by atoms with Crippen molar-refractivity contribution in [3.05, 3.63) is 71.9 Å². The van der Waals surface area contributed by atoms with E-state index < -0.39 is 102 Å². The van der Waals surface area contributed by atoms with E-state index in [1.807, 2.05) is 0 Å². The van der Waals surface area contributed by atoms with Gasteiger partial charge in [-0.1, -0.05) is 55.5 Å². The van der Waals surface area contributed by atoms with Gasteiger partial charge in [-0.05, 0) is 75.5 Å². The molecule has 0 radical (unpaired) electrons. The van der Waals surface area contributed by atoms with Gasteiger partial charge < -0.3 is 76.2 Å². The molecule has 1 fully saturated rings. The van der Waals surface area contributed by atoms with Crippen molar-refractivity contribution in [2.45, 2.75) is 121 Å². The molecule has 0 aliphatic carbocycles. The second-order valence-corrected chi connectivity index (χ2v) is 17.3. The van der Waals surface area contributed by atoms with Crippen LogP contribution in [0.1, 0.15) is 83.3 Å². The van der Waals surface area contributed by atoms with E-state index in [9.17, 15) is 43.2 Å². The first-order chi connectivity index (χ1) is 34.8. The first-order valence-electron chi connectivity index (χ1n) is 24.1. The molecule has 73 heavy (non-hydrogen) atoms. The molecule has 1 aliphatic heterocycles. The van der Waals surface area contributed by atoms with Crippen molar-refractivity contribution in [3.8, 4) is 0 Å². The maximum Gasteiger partial charge on any atom is 0.243 e. The lowest BCUT2D eigenvalue weighted by Crippen LogP contribution is -2.59. The minimum atomic E-state index is -1.57. The first-order valence-corrected chi connectivity index (χ1v) is 24.1. The summed E-state index contributed by atoms with van der Waals surface area (Å²) in [5.41, 5.74) is 30.4. The predicted molar refractivity (Wildman–Crippen MR) is 274 cm³/mol. The van der Waals surface area contributed by atoms with Gasteiger partial charge in [-0.25, -0.2) is 0 Å². The molecule has 4 rings (SSSR count). The van der Waals surface area contributed by atoms with Crippen molar-refractivity contribution in [1.29, 1.82) is 0 Å². The highest BCUT2D eigenvalue weighted by molar-refractivity contribution is 5.98. The molecule has 0 spiro atoms. The third-order valence-corrected chi connectivity index (χ3v) is 11.3. The van der Waals surface area contributed by atoms with Gasteiger partial charge in [0.15, 0.2) is 11.9 Å². The molecular formula is C48H72N16O9. The number of para-hydroxylation sites is 1. The van der Waals surface area contributed by atoms with Crippen LogP contribution in [0.2, 0.25) is 0 Å². The van der Waals surface area contributed by atoms with Crippen LogP contribution in [-0.4, -0.2) is 132 Å². The molecule has 25 nitrogen and oxygen atoms in total. The molecule has 1 aliphatic rings. The van der Waals surface area contributed by atoms with E-state index in [0.717, 1.165) is 6.42 Å². The molecule has 3 aromatic rings. The Morgan fingerprint density at radius 1 is 0.740 bits per heavy atom. The van der Waals surface area contributed by atoms with Gasteiger partial charge in [0.1, 0.15) is 36.3 Å². The molecule has 25 heteroatoms. The Hall–Kier alpha value is -8.25. The normalized spacial score (nSPS) is 20.1. The fourth-order valence-corrected chi connectivity index (χ4v) is 7.48. The Morgan fingerprint density at radius 3 is 2.05 bits per heavy atom. The van der Waals surface area contributed by atoms with Crippen molar-refractivity contribution in [1.82, 2.24) is 47.5 Å². The number of carbonyl (C=O) groups is 9. The van der Waals surface area contributed by atoms with Crippen molar-refractivity contribution < 1.29 is 43.2 Å². The number of aromatic nitrogens is 1. The summed E-state index contributed by atoms with van der Waals surface area (Å²) in [6, 6.07) is 9.21. The van der Waals surface area contributed by atoms with Crippen LogP contribution in [0.5, 0.6) is 0 Å². The van der Waals surface area contributed by atoms with Crippen molar-refractivity contribution in [2.24, 2.45) is 38.7 Å². The lowest BCUT2D eigenvalue weighted by atomic mass is 10.0. The topological polar surface area (TPSA) is 420 Å². The Morgan fingerprint density at radius 2 is 1.40 bits per heavy atom. The zero-order valence-corrected chi connectivity index (χ0v) is 41.6. The number of nitrogens with one attached hydrogen (secondary N) is 9. The highest BCUT2D eigenvalue weighted by atomic mass is 16.2. The van der Waals surface area contributed by atoms with E-state index >= 15 is 0 Å². The van der Waals surface area contributed by atoms with Crippen LogP contribution < -0.4 is 71.2 Å². The van der Waals surface area contributed by atoms with Crippen LogP contribution in [0, 0.1) is 0 Å². The van der Waals surface area contributed by atoms with Crippen LogP contribution in [-0.2, 0) is 56.0 Å². The van der Waals surface area contributed by atoms with Crippen LogP contribution in [0.25, 0.3) is 10.9 Å². The molecule has 398 valence electrons. The molecule has 0 saturated carbocycles. The number of hydrogen-bond donors (Lipinski definition) is 14. The number of aryl methyl sites for hydroxylation is 1. The van der Waals surface area contributed by atoms with Gasteiger partial charge in [-0.3, -0.25) is 53.1 Å². The number of carbonyl (C=O) groups excluding carboxylic acids is 9. The molecule has 1 aromatic heterocycles. The van der Waals surface area contributed by atoms with Crippen LogP contribution in [0.4, 0.5) is 0 Å². The third kappa shape index (κ3) is 22.2. The van der Waals surface area contributed by atoms with E-state index in [4.69, 9.17) is 28.7 Å². The zero-order chi connectivity index (χ0) is 53.9. The Kier molecular flexibility index (Phi) is 25.2. The number of aliphatic imine (C=N–C) groups is 2. The quantitative estimate of drug-likeness (QED) is 0.0420. The number of primary amides is 1. The predicted octanol–water partition coefficient (Wildman–Crippen LogP) is -2.69. The number of nitrogens with zero attached hydrogens (tertiary/aromatic N) is 2. The maximum atomic E-state index is 13.9. The SMILES string of the molecule is CC(=O)NC(CCCN=C(N)N)C(=O)NC1CC(=O)NCCCCC(C(N)=O)NC(=O)CNC(=O)[C@H](CCCN=C(N)N)NC(=O)C(Cc2ccccc2)NC(=O)[C@H](C)NC1=O.CCc1c[nH]c2ccccc12. The number of H-pyrrole nitrogens is 1. The average molecular weight is 1020 g/mol. The van der Waals surface area contributed by atoms with Crippen LogP contribution in [0.15, 0.2) is 70.8 Å². The van der Waals surface area contributed by atoms with Gasteiger partial charge >= 0.3 is 0 Å². The number of guanidine groups is 2.